The molecule has 0 radical (unpaired) electrons. The molecule has 0 saturated carbocycles. The molecule has 1 fully saturated rings. The second kappa shape index (κ2) is 5.15. The number of nitrogens with zero attached hydrogens (tertiary/aromatic N) is 1. The van der Waals surface area contributed by atoms with Gasteiger partial charge >= 0.3 is 5.97 Å². The summed E-state index contributed by atoms with van der Waals surface area (Å²) in [6, 6.07) is 4.93. The van der Waals surface area contributed by atoms with Gasteiger partial charge in [0, 0.05) is 6.54 Å². The minimum atomic E-state index is -1.15. The van der Waals surface area contributed by atoms with Crippen LogP contribution in [0, 0.1) is 6.92 Å². The first-order chi connectivity index (χ1) is 9.44. The van der Waals surface area contributed by atoms with Crippen LogP contribution < -0.4 is 0 Å². The van der Waals surface area contributed by atoms with E-state index >= 15 is 0 Å². The molecular formula is C15H19NO4. The van der Waals surface area contributed by atoms with Gasteiger partial charge in [-0.15, -0.1) is 0 Å². The Morgan fingerprint density at radius 3 is 2.70 bits per heavy atom. The van der Waals surface area contributed by atoms with Gasteiger partial charge in [-0.25, -0.2) is 4.79 Å². The number of carbonyl (C=O) groups is 2. The summed E-state index contributed by atoms with van der Waals surface area (Å²) in [5.74, 6) is -1.45. The maximum Gasteiger partial charge on any atom is 0.329 e. The smallest absolute Gasteiger partial charge is 0.329 e. The first kappa shape index (κ1) is 14.4. The molecule has 0 spiro atoms. The summed E-state index contributed by atoms with van der Waals surface area (Å²) in [6.45, 7) is 3.89. The number of aliphatic carboxylic acids is 1. The average Bonchev–Trinajstić information content (AvgIpc) is 2.86. The molecule has 108 valence electrons. The third-order valence-corrected chi connectivity index (χ3v) is 4.19. The van der Waals surface area contributed by atoms with Crippen molar-refractivity contribution in [2.45, 2.75) is 38.6 Å². The molecule has 1 aliphatic heterocycles. The molecule has 1 aromatic carbocycles. The number of carboxylic acids is 1. The Bertz CT molecular complexity index is 555. The summed E-state index contributed by atoms with van der Waals surface area (Å²) < 4.78 is 0. The molecule has 0 bridgehead atoms. The van der Waals surface area contributed by atoms with E-state index in [2.05, 4.69) is 0 Å². The van der Waals surface area contributed by atoms with E-state index in [0.717, 1.165) is 0 Å². The molecule has 5 nitrogen and oxygen atoms in total. The van der Waals surface area contributed by atoms with Gasteiger partial charge in [-0.3, -0.25) is 4.79 Å². The summed E-state index contributed by atoms with van der Waals surface area (Å²) in [5, 5.41) is 19.5. The Labute approximate surface area is 117 Å². The van der Waals surface area contributed by atoms with Crippen molar-refractivity contribution >= 4 is 11.9 Å². The van der Waals surface area contributed by atoms with Crippen LogP contribution in [0.5, 0.6) is 5.75 Å². The van der Waals surface area contributed by atoms with Gasteiger partial charge in [0.05, 0.1) is 5.56 Å². The average molecular weight is 277 g/mol. The lowest BCUT2D eigenvalue weighted by molar-refractivity contribution is -0.148. The first-order valence-corrected chi connectivity index (χ1v) is 6.78. The first-order valence-electron chi connectivity index (χ1n) is 6.78. The minimum absolute atomic E-state index is 0.0696. The van der Waals surface area contributed by atoms with E-state index in [1.165, 1.54) is 11.0 Å². The number of hydrogen-bond donors (Lipinski definition) is 2. The summed E-state index contributed by atoms with van der Waals surface area (Å²) in [4.78, 5) is 25.6. The van der Waals surface area contributed by atoms with Crippen LogP contribution in [0.1, 0.15) is 42.1 Å². The van der Waals surface area contributed by atoms with E-state index in [0.29, 0.717) is 31.4 Å². The van der Waals surface area contributed by atoms with Crippen LogP contribution in [0.4, 0.5) is 0 Å². The summed E-state index contributed by atoms with van der Waals surface area (Å²) in [5.41, 5.74) is -0.369. The van der Waals surface area contributed by atoms with Crippen molar-refractivity contribution in [3.8, 4) is 5.75 Å². The number of likely N-dealkylation sites (tertiary alicyclic amines) is 1. The number of aryl methyl sites for hydroxylation is 1. The Morgan fingerprint density at radius 1 is 1.40 bits per heavy atom. The van der Waals surface area contributed by atoms with Gasteiger partial charge in [-0.2, -0.15) is 0 Å². The minimum Gasteiger partial charge on any atom is -0.507 e. The molecule has 5 heteroatoms. The number of rotatable bonds is 3. The highest BCUT2D eigenvalue weighted by Gasteiger charge is 2.49. The molecule has 20 heavy (non-hydrogen) atoms. The maximum atomic E-state index is 12.6. The number of aromatic hydroxyl groups is 1. The Balaban J connectivity index is 2.42. The van der Waals surface area contributed by atoms with Gasteiger partial charge in [0.15, 0.2) is 0 Å². The molecule has 1 aromatic rings. The third kappa shape index (κ3) is 2.03. The fourth-order valence-electron chi connectivity index (χ4n) is 2.89. The van der Waals surface area contributed by atoms with Crippen molar-refractivity contribution in [3.63, 3.8) is 0 Å². The van der Waals surface area contributed by atoms with E-state index in [1.54, 1.807) is 26.0 Å². The van der Waals surface area contributed by atoms with Crippen molar-refractivity contribution in [1.82, 2.24) is 4.90 Å². The van der Waals surface area contributed by atoms with Gasteiger partial charge < -0.3 is 15.1 Å². The zero-order valence-electron chi connectivity index (χ0n) is 11.7. The van der Waals surface area contributed by atoms with Crippen LogP contribution in [0.2, 0.25) is 0 Å². The van der Waals surface area contributed by atoms with Crippen molar-refractivity contribution in [3.05, 3.63) is 29.3 Å². The quantitative estimate of drug-likeness (QED) is 0.887. The van der Waals surface area contributed by atoms with Gasteiger partial charge in [0.25, 0.3) is 5.91 Å². The molecule has 0 aromatic heterocycles. The molecule has 1 unspecified atom stereocenters. The number of hydrogen-bond acceptors (Lipinski definition) is 3. The number of amides is 1. The van der Waals surface area contributed by atoms with Crippen molar-refractivity contribution in [1.29, 1.82) is 0 Å². The van der Waals surface area contributed by atoms with Crippen LogP contribution in [0.3, 0.4) is 0 Å². The number of phenols is 1. The van der Waals surface area contributed by atoms with Crippen LogP contribution >= 0.6 is 0 Å². The zero-order valence-corrected chi connectivity index (χ0v) is 11.7. The predicted octanol–water partition coefficient (Wildman–Crippen LogP) is 2.17. The molecule has 0 aliphatic carbocycles. The van der Waals surface area contributed by atoms with E-state index in [-0.39, 0.29) is 11.3 Å². The number of phenolic OH excluding ortho intramolecular Hbond substituents is 1. The molecule has 1 saturated heterocycles. The lowest BCUT2D eigenvalue weighted by atomic mass is 9.92. The lowest BCUT2D eigenvalue weighted by Gasteiger charge is -2.34. The summed E-state index contributed by atoms with van der Waals surface area (Å²) in [6.07, 6.45) is 1.48. The number of para-hydroxylation sites is 1. The number of carboxylic acid groups (broad SMARTS) is 1. The fourth-order valence-corrected chi connectivity index (χ4v) is 2.89. The van der Waals surface area contributed by atoms with E-state index in [9.17, 15) is 19.8 Å². The second-order valence-electron chi connectivity index (χ2n) is 5.22. The van der Waals surface area contributed by atoms with Gasteiger partial charge in [0.2, 0.25) is 0 Å². The van der Waals surface area contributed by atoms with Crippen LogP contribution in [-0.2, 0) is 4.79 Å². The highest BCUT2D eigenvalue weighted by Crippen LogP contribution is 2.35. The lowest BCUT2D eigenvalue weighted by Crippen LogP contribution is -2.52. The molecule has 1 heterocycles. The Hall–Kier alpha value is -2.04. The van der Waals surface area contributed by atoms with Crippen molar-refractivity contribution < 1.29 is 19.8 Å². The second-order valence-corrected chi connectivity index (χ2v) is 5.22. The monoisotopic (exact) mass is 277 g/mol. The SMILES string of the molecule is CCC1(C(=O)O)CCCN1C(=O)c1cccc(C)c1O. The predicted molar refractivity (Wildman–Crippen MR) is 73.8 cm³/mol. The van der Waals surface area contributed by atoms with Crippen molar-refractivity contribution in [2.24, 2.45) is 0 Å². The van der Waals surface area contributed by atoms with E-state index < -0.39 is 17.4 Å². The Morgan fingerprint density at radius 2 is 2.10 bits per heavy atom. The number of benzene rings is 1. The number of carbonyl (C=O) groups excluding carboxylic acids is 1. The summed E-state index contributed by atoms with van der Waals surface area (Å²) in [7, 11) is 0. The van der Waals surface area contributed by atoms with Gasteiger partial charge in [-0.1, -0.05) is 19.1 Å². The van der Waals surface area contributed by atoms with Crippen LogP contribution in [-0.4, -0.2) is 39.1 Å². The van der Waals surface area contributed by atoms with Crippen molar-refractivity contribution in [2.75, 3.05) is 6.54 Å². The molecule has 2 N–H and O–H groups in total. The van der Waals surface area contributed by atoms with Crippen LogP contribution in [0.25, 0.3) is 0 Å². The topological polar surface area (TPSA) is 77.8 Å². The highest BCUT2D eigenvalue weighted by atomic mass is 16.4. The standard InChI is InChI=1S/C15H19NO4/c1-3-15(14(19)20)8-5-9-16(15)13(18)11-7-4-6-10(2)12(11)17/h4,6-7,17H,3,5,8-9H2,1-2H3,(H,19,20). The molecular weight excluding hydrogens is 258 g/mol. The normalized spacial score (nSPS) is 22.0. The Kier molecular flexibility index (Phi) is 3.70. The van der Waals surface area contributed by atoms with Crippen LogP contribution in [0.15, 0.2) is 18.2 Å². The van der Waals surface area contributed by atoms with Gasteiger partial charge in [0.1, 0.15) is 11.3 Å². The third-order valence-electron chi connectivity index (χ3n) is 4.19. The highest BCUT2D eigenvalue weighted by molar-refractivity contribution is 6.00. The van der Waals surface area contributed by atoms with E-state index in [4.69, 9.17) is 0 Å². The van der Waals surface area contributed by atoms with E-state index in [1.807, 2.05) is 0 Å². The fraction of sp³-hybridized carbons (Fsp3) is 0.467. The largest absolute Gasteiger partial charge is 0.507 e. The molecule has 1 atom stereocenters. The zero-order chi connectivity index (χ0) is 14.9. The summed E-state index contributed by atoms with van der Waals surface area (Å²) >= 11 is 0. The molecule has 2 rings (SSSR count). The molecule has 1 aliphatic rings. The van der Waals surface area contributed by atoms with Gasteiger partial charge in [-0.05, 0) is 37.8 Å². The molecule has 1 amide bonds. The maximum absolute atomic E-state index is 12.6.